The topological polar surface area (TPSA) is 26.3 Å². The van der Waals surface area contributed by atoms with Crippen LogP contribution in [0.4, 0.5) is 8.78 Å². The van der Waals surface area contributed by atoms with Gasteiger partial charge in [-0.3, -0.25) is 0 Å². The third-order valence-corrected chi connectivity index (χ3v) is 1.59. The number of hydrogen-bond donors (Lipinski definition) is 0. The van der Waals surface area contributed by atoms with Gasteiger partial charge in [-0.15, -0.1) is 0 Å². The Bertz CT molecular complexity index is 337. The first-order chi connectivity index (χ1) is 6.65. The molecule has 0 aliphatic carbocycles. The van der Waals surface area contributed by atoms with Crippen molar-refractivity contribution in [3.63, 3.8) is 0 Å². The van der Waals surface area contributed by atoms with Crippen molar-refractivity contribution in [1.82, 2.24) is 0 Å². The van der Waals surface area contributed by atoms with Gasteiger partial charge < -0.3 is 4.74 Å². The Morgan fingerprint density at radius 2 is 2.14 bits per heavy atom. The summed E-state index contributed by atoms with van der Waals surface area (Å²) in [5.41, 5.74) is -0.236. The van der Waals surface area contributed by atoms with Crippen LogP contribution >= 0.6 is 0 Å². The van der Waals surface area contributed by atoms with E-state index in [1.165, 1.54) is 0 Å². The summed E-state index contributed by atoms with van der Waals surface area (Å²) in [5.74, 6) is -2.37. The molecule has 0 aromatic heterocycles. The molecule has 0 aliphatic rings. The summed E-state index contributed by atoms with van der Waals surface area (Å²) in [6.45, 7) is 2.06. The fraction of sp³-hybridized carbons (Fsp3) is 0.300. The number of ether oxygens (including phenoxy) is 1. The van der Waals surface area contributed by atoms with E-state index in [9.17, 15) is 13.6 Å². The van der Waals surface area contributed by atoms with Crippen LogP contribution in [0, 0.1) is 11.6 Å². The van der Waals surface area contributed by atoms with Crippen LogP contribution in [0.25, 0.3) is 0 Å². The van der Waals surface area contributed by atoms with Gasteiger partial charge in [-0.1, -0.05) is 6.92 Å². The summed E-state index contributed by atoms with van der Waals surface area (Å²) < 4.78 is 30.2. The van der Waals surface area contributed by atoms with Crippen molar-refractivity contribution in [3.8, 4) is 0 Å². The number of esters is 1. The molecule has 0 saturated heterocycles. The van der Waals surface area contributed by atoms with Gasteiger partial charge in [0.2, 0.25) is 0 Å². The lowest BCUT2D eigenvalue weighted by Gasteiger charge is -2.03. The average molecular weight is 200 g/mol. The van der Waals surface area contributed by atoms with Crippen molar-refractivity contribution in [3.05, 3.63) is 35.4 Å². The molecule has 0 unspecified atom stereocenters. The molecule has 0 saturated carbocycles. The van der Waals surface area contributed by atoms with Crippen molar-refractivity contribution in [2.75, 3.05) is 6.61 Å². The predicted octanol–water partition coefficient (Wildman–Crippen LogP) is 2.53. The van der Waals surface area contributed by atoms with Crippen molar-refractivity contribution in [2.45, 2.75) is 13.3 Å². The van der Waals surface area contributed by atoms with Crippen molar-refractivity contribution >= 4 is 5.97 Å². The van der Waals surface area contributed by atoms with Gasteiger partial charge in [-0.25, -0.2) is 13.6 Å². The standard InChI is InChI=1S/C10H10F2O2/c1-2-5-14-10(13)8-4-3-7(11)6-9(8)12/h3-4,6H,2,5H2,1H3. The first kappa shape index (κ1) is 10.6. The van der Waals surface area contributed by atoms with E-state index in [2.05, 4.69) is 0 Å². The van der Waals surface area contributed by atoms with E-state index in [0.717, 1.165) is 12.1 Å². The van der Waals surface area contributed by atoms with Gasteiger partial charge in [0.15, 0.2) is 0 Å². The molecule has 0 bridgehead atoms. The van der Waals surface area contributed by atoms with Crippen LogP contribution in [0.2, 0.25) is 0 Å². The zero-order valence-electron chi connectivity index (χ0n) is 7.72. The lowest BCUT2D eigenvalue weighted by atomic mass is 10.2. The Balaban J connectivity index is 2.80. The van der Waals surface area contributed by atoms with Crippen LogP contribution in [0.15, 0.2) is 18.2 Å². The SMILES string of the molecule is CCCOC(=O)c1ccc(F)cc1F. The summed E-state index contributed by atoms with van der Waals surface area (Å²) in [5, 5.41) is 0. The number of carbonyl (C=O) groups is 1. The highest BCUT2D eigenvalue weighted by Crippen LogP contribution is 2.10. The molecule has 0 radical (unpaired) electrons. The molecular weight excluding hydrogens is 190 g/mol. The third kappa shape index (κ3) is 2.52. The molecule has 2 nitrogen and oxygen atoms in total. The van der Waals surface area contributed by atoms with Gasteiger partial charge in [0, 0.05) is 6.07 Å². The minimum absolute atomic E-state index is 0.232. The number of hydrogen-bond acceptors (Lipinski definition) is 2. The molecule has 0 atom stereocenters. The Labute approximate surface area is 80.5 Å². The minimum atomic E-state index is -0.897. The highest BCUT2D eigenvalue weighted by atomic mass is 19.1. The summed E-state index contributed by atoms with van der Waals surface area (Å²) in [6.07, 6.45) is 0.661. The lowest BCUT2D eigenvalue weighted by molar-refractivity contribution is 0.0499. The molecule has 1 aromatic carbocycles. The maximum atomic E-state index is 13.0. The molecule has 14 heavy (non-hydrogen) atoms. The highest BCUT2D eigenvalue weighted by molar-refractivity contribution is 5.89. The van der Waals surface area contributed by atoms with E-state index in [1.54, 1.807) is 0 Å². The second-order valence-corrected chi connectivity index (χ2v) is 2.76. The van der Waals surface area contributed by atoms with E-state index < -0.39 is 17.6 Å². The number of halogens is 2. The third-order valence-electron chi connectivity index (χ3n) is 1.59. The van der Waals surface area contributed by atoms with Crippen molar-refractivity contribution in [2.24, 2.45) is 0 Å². The van der Waals surface area contributed by atoms with Gasteiger partial charge in [0.25, 0.3) is 0 Å². The van der Waals surface area contributed by atoms with E-state index in [1.807, 2.05) is 6.92 Å². The van der Waals surface area contributed by atoms with Gasteiger partial charge in [-0.05, 0) is 18.6 Å². The average Bonchev–Trinajstić information content (AvgIpc) is 2.14. The molecule has 76 valence electrons. The summed E-state index contributed by atoms with van der Waals surface area (Å²) >= 11 is 0. The monoisotopic (exact) mass is 200 g/mol. The molecule has 0 heterocycles. The van der Waals surface area contributed by atoms with Gasteiger partial charge in [-0.2, -0.15) is 0 Å². The summed E-state index contributed by atoms with van der Waals surface area (Å²) in [6, 6.07) is 2.75. The van der Waals surface area contributed by atoms with Gasteiger partial charge in [0.1, 0.15) is 11.6 Å². The molecule has 0 amide bonds. The van der Waals surface area contributed by atoms with E-state index in [0.29, 0.717) is 12.5 Å². The second-order valence-electron chi connectivity index (χ2n) is 2.76. The van der Waals surface area contributed by atoms with Crippen molar-refractivity contribution in [1.29, 1.82) is 0 Å². The fourth-order valence-corrected chi connectivity index (χ4v) is 0.928. The first-order valence-corrected chi connectivity index (χ1v) is 4.27. The quantitative estimate of drug-likeness (QED) is 0.701. The second kappa shape index (κ2) is 4.69. The van der Waals surface area contributed by atoms with Gasteiger partial charge in [0.05, 0.1) is 12.2 Å². The van der Waals surface area contributed by atoms with E-state index >= 15 is 0 Å². The predicted molar refractivity (Wildman–Crippen MR) is 46.9 cm³/mol. The Morgan fingerprint density at radius 3 is 2.71 bits per heavy atom. The van der Waals surface area contributed by atoms with Gasteiger partial charge >= 0.3 is 5.97 Å². The minimum Gasteiger partial charge on any atom is -0.462 e. The highest BCUT2D eigenvalue weighted by Gasteiger charge is 2.12. The number of rotatable bonds is 3. The van der Waals surface area contributed by atoms with Crippen LogP contribution in [0.5, 0.6) is 0 Å². The Morgan fingerprint density at radius 1 is 1.43 bits per heavy atom. The van der Waals surface area contributed by atoms with Crippen LogP contribution in [0.1, 0.15) is 23.7 Å². The zero-order valence-corrected chi connectivity index (χ0v) is 7.72. The molecule has 0 N–H and O–H groups in total. The van der Waals surface area contributed by atoms with Crippen LogP contribution in [0.3, 0.4) is 0 Å². The molecule has 0 aliphatic heterocycles. The number of benzene rings is 1. The smallest absolute Gasteiger partial charge is 0.341 e. The molecule has 1 rings (SSSR count). The van der Waals surface area contributed by atoms with Crippen molar-refractivity contribution < 1.29 is 18.3 Å². The normalized spacial score (nSPS) is 9.93. The Hall–Kier alpha value is -1.45. The molecule has 1 aromatic rings. The zero-order chi connectivity index (χ0) is 10.6. The van der Waals surface area contributed by atoms with Crippen LogP contribution in [-0.4, -0.2) is 12.6 Å². The van der Waals surface area contributed by atoms with Crippen LogP contribution in [-0.2, 0) is 4.74 Å². The largest absolute Gasteiger partial charge is 0.462 e. The van der Waals surface area contributed by atoms with Crippen LogP contribution < -0.4 is 0 Å². The fourth-order valence-electron chi connectivity index (χ4n) is 0.928. The summed E-state index contributed by atoms with van der Waals surface area (Å²) in [7, 11) is 0. The Kier molecular flexibility index (Phi) is 3.56. The molecule has 4 heteroatoms. The maximum absolute atomic E-state index is 13.0. The maximum Gasteiger partial charge on any atom is 0.341 e. The first-order valence-electron chi connectivity index (χ1n) is 4.27. The van der Waals surface area contributed by atoms with E-state index in [4.69, 9.17) is 4.74 Å². The molecule has 0 spiro atoms. The summed E-state index contributed by atoms with van der Waals surface area (Å²) in [4.78, 5) is 11.2. The number of carbonyl (C=O) groups excluding carboxylic acids is 1. The lowest BCUT2D eigenvalue weighted by Crippen LogP contribution is -2.08. The molecular formula is C10H10F2O2. The molecule has 0 fully saturated rings. The van der Waals surface area contributed by atoms with E-state index in [-0.39, 0.29) is 12.2 Å².